The lowest BCUT2D eigenvalue weighted by Crippen LogP contribution is -2.17. The second-order valence-corrected chi connectivity index (χ2v) is 3.89. The molecule has 0 amide bonds. The third-order valence-electron chi connectivity index (χ3n) is 1.36. The second kappa shape index (κ2) is 5.59. The maximum atomic E-state index is 5.45. The zero-order valence-corrected chi connectivity index (χ0v) is 8.31. The molecule has 0 heterocycles. The molecule has 0 aromatic rings. The van der Waals surface area contributed by atoms with Gasteiger partial charge < -0.3 is 4.74 Å². The zero-order chi connectivity index (χ0) is 8.74. The Balaban J connectivity index is 3.02. The van der Waals surface area contributed by atoms with Crippen LogP contribution in [0, 0.1) is 6.61 Å². The van der Waals surface area contributed by atoms with Crippen LogP contribution in [-0.4, -0.2) is 5.60 Å². The van der Waals surface area contributed by atoms with Crippen molar-refractivity contribution in [2.45, 2.75) is 59.0 Å². The topological polar surface area (TPSA) is 9.23 Å². The summed E-state index contributed by atoms with van der Waals surface area (Å²) in [4.78, 5) is 0. The van der Waals surface area contributed by atoms with Crippen LogP contribution in [0.4, 0.5) is 0 Å². The molecule has 0 saturated heterocycles. The van der Waals surface area contributed by atoms with E-state index in [9.17, 15) is 0 Å². The van der Waals surface area contributed by atoms with Gasteiger partial charge in [-0.3, -0.25) is 0 Å². The van der Waals surface area contributed by atoms with E-state index in [1.807, 2.05) is 6.61 Å². The molecule has 0 aromatic heterocycles. The molecule has 0 saturated carbocycles. The van der Waals surface area contributed by atoms with Crippen molar-refractivity contribution >= 4 is 0 Å². The van der Waals surface area contributed by atoms with Gasteiger partial charge in [0.2, 0.25) is 0 Å². The van der Waals surface area contributed by atoms with E-state index in [0.29, 0.717) is 0 Å². The number of hydrogen-bond donors (Lipinski definition) is 0. The first-order valence-electron chi connectivity index (χ1n) is 4.56. The zero-order valence-electron chi connectivity index (χ0n) is 8.31. The monoisotopic (exact) mass is 157 g/mol. The third-order valence-corrected chi connectivity index (χ3v) is 1.36. The molecule has 0 aliphatic rings. The van der Waals surface area contributed by atoms with E-state index in [0.717, 1.165) is 6.42 Å². The van der Waals surface area contributed by atoms with Gasteiger partial charge in [-0.05, 0) is 27.2 Å². The van der Waals surface area contributed by atoms with Crippen LogP contribution in [0.3, 0.4) is 0 Å². The highest BCUT2D eigenvalue weighted by molar-refractivity contribution is 4.63. The molecule has 0 aromatic carbocycles. The first kappa shape index (κ1) is 11.0. The summed E-state index contributed by atoms with van der Waals surface area (Å²) < 4.78 is 5.45. The molecule has 11 heavy (non-hydrogen) atoms. The van der Waals surface area contributed by atoms with Crippen molar-refractivity contribution in [2.75, 3.05) is 0 Å². The molecular weight excluding hydrogens is 136 g/mol. The minimum absolute atomic E-state index is 0.00772. The average molecular weight is 157 g/mol. The number of hydrogen-bond acceptors (Lipinski definition) is 1. The van der Waals surface area contributed by atoms with Crippen LogP contribution in [-0.2, 0) is 4.74 Å². The smallest absolute Gasteiger partial charge is 0.0844 e. The maximum absolute atomic E-state index is 5.45. The quantitative estimate of drug-likeness (QED) is 0.555. The third kappa shape index (κ3) is 9.96. The molecule has 0 aliphatic heterocycles. The van der Waals surface area contributed by atoms with E-state index in [-0.39, 0.29) is 5.60 Å². The summed E-state index contributed by atoms with van der Waals surface area (Å²) in [6, 6.07) is 0. The molecule has 0 unspecified atom stereocenters. The summed E-state index contributed by atoms with van der Waals surface area (Å²) >= 11 is 0. The Labute approximate surface area is 71.1 Å². The van der Waals surface area contributed by atoms with E-state index in [1.54, 1.807) is 0 Å². The molecule has 0 rings (SSSR count). The molecular formula is C10H21O. The lowest BCUT2D eigenvalue weighted by molar-refractivity contribution is 0.0383. The fraction of sp³-hybridized carbons (Fsp3) is 0.900. The lowest BCUT2D eigenvalue weighted by atomic mass is 10.2. The van der Waals surface area contributed by atoms with Crippen molar-refractivity contribution < 1.29 is 4.74 Å². The summed E-state index contributed by atoms with van der Waals surface area (Å²) in [5.74, 6) is 0. The number of ether oxygens (including phenoxy) is 1. The molecule has 0 N–H and O–H groups in total. The average Bonchev–Trinajstić information content (AvgIpc) is 1.85. The Morgan fingerprint density at radius 3 is 2.27 bits per heavy atom. The van der Waals surface area contributed by atoms with Crippen LogP contribution in [0.5, 0.6) is 0 Å². The maximum Gasteiger partial charge on any atom is 0.0844 e. The largest absolute Gasteiger partial charge is 0.370 e. The van der Waals surface area contributed by atoms with Crippen molar-refractivity contribution in [3.05, 3.63) is 6.61 Å². The Morgan fingerprint density at radius 1 is 1.18 bits per heavy atom. The fourth-order valence-electron chi connectivity index (χ4n) is 0.787. The Bertz CT molecular complexity index is 81.4. The Kier molecular flexibility index (Phi) is 5.57. The summed E-state index contributed by atoms with van der Waals surface area (Å²) in [6.45, 7) is 10.4. The van der Waals surface area contributed by atoms with Gasteiger partial charge in [-0.1, -0.05) is 26.2 Å². The van der Waals surface area contributed by atoms with Crippen LogP contribution in [0.1, 0.15) is 53.4 Å². The summed E-state index contributed by atoms with van der Waals surface area (Å²) in [5.41, 5.74) is -0.00772. The normalized spacial score (nSPS) is 12.0. The van der Waals surface area contributed by atoms with Gasteiger partial charge in [0.15, 0.2) is 0 Å². The molecule has 0 atom stereocenters. The Hall–Kier alpha value is -0.0400. The number of rotatable bonds is 5. The van der Waals surface area contributed by atoms with Crippen molar-refractivity contribution in [3.8, 4) is 0 Å². The van der Waals surface area contributed by atoms with Gasteiger partial charge in [-0.25, -0.2) is 0 Å². The number of unbranched alkanes of at least 4 members (excludes halogenated alkanes) is 3. The first-order valence-corrected chi connectivity index (χ1v) is 4.56. The standard InChI is InChI=1S/C10H21O/c1-5-6-7-8-9-11-10(2,3)4/h9H,5-8H2,1-4H3. The molecule has 0 aliphatic carbocycles. The van der Waals surface area contributed by atoms with Gasteiger partial charge in [0.05, 0.1) is 12.2 Å². The van der Waals surface area contributed by atoms with Gasteiger partial charge in [0.1, 0.15) is 0 Å². The summed E-state index contributed by atoms with van der Waals surface area (Å²) in [7, 11) is 0. The van der Waals surface area contributed by atoms with E-state index in [1.165, 1.54) is 19.3 Å². The predicted molar refractivity (Wildman–Crippen MR) is 49.3 cm³/mol. The summed E-state index contributed by atoms with van der Waals surface area (Å²) in [5, 5.41) is 0. The van der Waals surface area contributed by atoms with Crippen molar-refractivity contribution in [3.63, 3.8) is 0 Å². The van der Waals surface area contributed by atoms with E-state index in [4.69, 9.17) is 4.74 Å². The van der Waals surface area contributed by atoms with E-state index in [2.05, 4.69) is 27.7 Å². The highest BCUT2D eigenvalue weighted by atomic mass is 16.5. The van der Waals surface area contributed by atoms with Gasteiger partial charge in [-0.2, -0.15) is 0 Å². The highest BCUT2D eigenvalue weighted by Gasteiger charge is 2.08. The van der Waals surface area contributed by atoms with Crippen LogP contribution >= 0.6 is 0 Å². The van der Waals surface area contributed by atoms with Crippen molar-refractivity contribution in [1.82, 2.24) is 0 Å². The van der Waals surface area contributed by atoms with Gasteiger partial charge in [0.25, 0.3) is 0 Å². The van der Waals surface area contributed by atoms with Crippen LogP contribution in [0.2, 0.25) is 0 Å². The molecule has 0 spiro atoms. The van der Waals surface area contributed by atoms with Gasteiger partial charge in [-0.15, -0.1) is 0 Å². The molecule has 1 heteroatoms. The second-order valence-electron chi connectivity index (χ2n) is 3.89. The van der Waals surface area contributed by atoms with E-state index < -0.39 is 0 Å². The first-order chi connectivity index (χ1) is 5.06. The fourth-order valence-corrected chi connectivity index (χ4v) is 0.787. The van der Waals surface area contributed by atoms with E-state index >= 15 is 0 Å². The summed E-state index contributed by atoms with van der Waals surface area (Å²) in [6.07, 6.45) is 4.94. The SMILES string of the molecule is CCCCC[CH]OC(C)(C)C. The Morgan fingerprint density at radius 2 is 1.82 bits per heavy atom. The van der Waals surface area contributed by atoms with Crippen LogP contribution < -0.4 is 0 Å². The van der Waals surface area contributed by atoms with Gasteiger partial charge >= 0.3 is 0 Å². The molecule has 1 radical (unpaired) electrons. The van der Waals surface area contributed by atoms with Crippen molar-refractivity contribution in [2.24, 2.45) is 0 Å². The van der Waals surface area contributed by atoms with Crippen LogP contribution in [0.15, 0.2) is 0 Å². The molecule has 0 bridgehead atoms. The lowest BCUT2D eigenvalue weighted by Gasteiger charge is -2.18. The highest BCUT2D eigenvalue weighted by Crippen LogP contribution is 2.11. The minimum Gasteiger partial charge on any atom is -0.370 e. The van der Waals surface area contributed by atoms with Crippen molar-refractivity contribution in [1.29, 1.82) is 0 Å². The minimum atomic E-state index is -0.00772. The molecule has 1 nitrogen and oxygen atoms in total. The molecule has 0 fully saturated rings. The molecule has 67 valence electrons. The van der Waals surface area contributed by atoms with Gasteiger partial charge in [0, 0.05) is 0 Å². The predicted octanol–water partition coefficient (Wildman–Crippen LogP) is 3.54. The van der Waals surface area contributed by atoms with Crippen LogP contribution in [0.25, 0.3) is 0 Å².